The van der Waals surface area contributed by atoms with Gasteiger partial charge in [0.1, 0.15) is 0 Å². The van der Waals surface area contributed by atoms with E-state index < -0.39 is 5.41 Å². The third-order valence-electron chi connectivity index (χ3n) is 23.0. The molecule has 0 unspecified atom stereocenters. The summed E-state index contributed by atoms with van der Waals surface area (Å²) < 4.78 is 4.99. The van der Waals surface area contributed by atoms with E-state index in [0.29, 0.717) is 0 Å². The van der Waals surface area contributed by atoms with E-state index in [9.17, 15) is 0 Å². The number of hydrogen-bond donors (Lipinski definition) is 0. The van der Waals surface area contributed by atoms with E-state index in [2.05, 4.69) is 407 Å². The topological polar surface area (TPSA) is 67.9 Å². The summed E-state index contributed by atoms with van der Waals surface area (Å²) in [6.45, 7) is 48.1. The van der Waals surface area contributed by atoms with Crippen molar-refractivity contribution < 1.29 is 0 Å². The number of benzene rings is 9. The molecule has 17 rings (SSSR count). The molecule has 0 atom stereocenters. The molecule has 0 bridgehead atoms. The summed E-state index contributed by atoms with van der Waals surface area (Å²) in [5.74, 6) is 0. The van der Waals surface area contributed by atoms with Crippen molar-refractivity contribution in [3.63, 3.8) is 0 Å². The van der Waals surface area contributed by atoms with Crippen LogP contribution in [0.3, 0.4) is 0 Å². The summed E-state index contributed by atoms with van der Waals surface area (Å²) in [4.78, 5) is 28.1. The Balaban J connectivity index is 1.09. The molecule has 2 aliphatic heterocycles. The number of rotatable bonds is 8. The normalized spacial score (nSPS) is 13.6. The highest BCUT2D eigenvalue weighted by Crippen LogP contribution is 2.55. The van der Waals surface area contributed by atoms with Gasteiger partial charge in [0.05, 0.1) is 44.8 Å². The maximum atomic E-state index is 5.76. The van der Waals surface area contributed by atoms with Gasteiger partial charge in [-0.15, -0.1) is 0 Å². The van der Waals surface area contributed by atoms with E-state index in [-0.39, 0.29) is 39.2 Å². The minimum atomic E-state index is -0.396. The van der Waals surface area contributed by atoms with Crippen molar-refractivity contribution in [2.24, 2.45) is 0 Å². The Morgan fingerprint density at radius 1 is 0.252 bits per heavy atom. The van der Waals surface area contributed by atoms with Gasteiger partial charge in [-0.25, -0.2) is 0 Å². The lowest BCUT2D eigenvalue weighted by Gasteiger charge is -2.46. The second-order valence-corrected chi connectivity index (χ2v) is 38.5. The number of hydrogen-bond acceptors (Lipinski definition) is 6. The largest absolute Gasteiger partial charge is 0.310 e. The summed E-state index contributed by atoms with van der Waals surface area (Å²) in [7, 11) is 0. The molecule has 0 radical (unpaired) electrons. The maximum Gasteiger partial charge on any atom is 0.252 e. The van der Waals surface area contributed by atoms with Gasteiger partial charge in [-0.3, -0.25) is 19.9 Å². The van der Waals surface area contributed by atoms with Gasteiger partial charge in [0.25, 0.3) is 6.71 Å². The van der Waals surface area contributed by atoms with Gasteiger partial charge in [0, 0.05) is 145 Å². The first-order valence-corrected chi connectivity index (χ1v) is 39.8. The third-order valence-corrected chi connectivity index (χ3v) is 23.0. The zero-order valence-corrected chi connectivity index (χ0v) is 68.7. The van der Waals surface area contributed by atoms with Crippen molar-refractivity contribution in [2.45, 2.75) is 183 Å². The smallest absolute Gasteiger partial charge is 0.252 e. The molecule has 2 aliphatic rings. The zero-order chi connectivity index (χ0) is 78.1. The number of fused-ring (bicyclic) bond motifs is 10. The Morgan fingerprint density at radius 3 is 0.883 bits per heavy atom. The Labute approximate surface area is 657 Å². The minimum absolute atomic E-state index is 0.246. The van der Waals surface area contributed by atoms with E-state index in [1.807, 2.05) is 0 Å². The Bertz CT molecular complexity index is 5950. The lowest BCUT2D eigenvalue weighted by atomic mass is 9.33. The van der Waals surface area contributed by atoms with Gasteiger partial charge < -0.3 is 18.9 Å². The number of pyridine rings is 4. The van der Waals surface area contributed by atoms with Crippen LogP contribution in [0, 0.1) is 0 Å². The summed E-state index contributed by atoms with van der Waals surface area (Å²) in [5.41, 5.74) is 30.3. The first-order valence-electron chi connectivity index (χ1n) is 39.8. The lowest BCUT2D eigenvalue weighted by molar-refractivity contribution is 0.531. The van der Waals surface area contributed by atoms with Gasteiger partial charge in [0.2, 0.25) is 0 Å². The fraction of sp³-hybridized carbons (Fsp3) is 0.275. The standard InChI is InChI=1S/C102H103BN8/c1-96(2,3)64-58-85-93-86(59-64)111(95-73(77-42-32-48-87(104-77)97(4,5)6)40-31-41-74(95)78-43-33-49-88(105-78)98(7,8)9)84-61-66(109-81-46-28-24-36-71(81)72-37-25-29-47-82(72)109)51-53-76(84)103(93)75-52-50-65(108-79-44-26-22-34-69(79)70-35-23-27-45-80(70)108)60-83(75)110(85)94-67(62-54-89(99(10,11)12)106-90(55-62)100(13,14)15)38-30-39-68(94)63-56-91(101(16,17)18)107-92(57-63)102(19,20)21/h22-61H,1-21H3. The highest BCUT2D eigenvalue weighted by Gasteiger charge is 2.47. The van der Waals surface area contributed by atoms with Crippen LogP contribution < -0.4 is 26.2 Å². The van der Waals surface area contributed by atoms with Crippen LogP contribution in [0.5, 0.6) is 0 Å². The first-order chi connectivity index (χ1) is 52.5. The van der Waals surface area contributed by atoms with Gasteiger partial charge in [-0.2, -0.15) is 0 Å². The van der Waals surface area contributed by atoms with Crippen molar-refractivity contribution in [1.29, 1.82) is 0 Å². The quantitative estimate of drug-likeness (QED) is 0.141. The molecular weight excluding hydrogens is 1350 g/mol. The van der Waals surface area contributed by atoms with E-state index in [4.69, 9.17) is 19.9 Å². The van der Waals surface area contributed by atoms with Crippen LogP contribution in [0.15, 0.2) is 243 Å². The maximum absolute atomic E-state index is 5.76. The molecule has 0 N–H and O–H groups in total. The van der Waals surface area contributed by atoms with Crippen molar-refractivity contribution in [2.75, 3.05) is 9.80 Å². The van der Waals surface area contributed by atoms with Crippen molar-refractivity contribution in [1.82, 2.24) is 29.1 Å². The second-order valence-electron chi connectivity index (χ2n) is 38.5. The molecule has 0 spiro atoms. The van der Waals surface area contributed by atoms with Gasteiger partial charge >= 0.3 is 0 Å². The molecule has 6 aromatic heterocycles. The molecule has 0 aliphatic carbocycles. The van der Waals surface area contributed by atoms with E-state index in [1.165, 1.54) is 43.5 Å². The monoisotopic (exact) mass is 1450 g/mol. The molecule has 9 aromatic carbocycles. The average Bonchev–Trinajstić information content (AvgIpc) is 0.870. The second kappa shape index (κ2) is 25.7. The summed E-state index contributed by atoms with van der Waals surface area (Å²) in [6.07, 6.45) is 0. The molecule has 0 amide bonds. The SMILES string of the molecule is CC(C)(C)c1cc2c3c(c1)N(c1c(-c4cccc(C(C)(C)C)n4)cccc1-c1cccc(C(C)(C)C)n1)c1cc(-n4c5ccccc5c5ccccc54)ccc1B3c1ccc(-n3c4ccccc4c4ccccc43)cc1N2c1c(-c2cc(C(C)(C)C)nc(C(C)(C)C)c2)cccc1-c1cc(C(C)(C)C)nc(C(C)(C)C)c1. The predicted molar refractivity (Wildman–Crippen MR) is 473 cm³/mol. The first kappa shape index (κ1) is 72.7. The van der Waals surface area contributed by atoms with Crippen LogP contribution in [0.25, 0.3) is 99.8 Å². The third kappa shape index (κ3) is 12.5. The van der Waals surface area contributed by atoms with Gasteiger partial charge in [-0.1, -0.05) is 279 Å². The molecular formula is C102H103BN8. The Kier molecular flexibility index (Phi) is 16.8. The van der Waals surface area contributed by atoms with Crippen LogP contribution >= 0.6 is 0 Å². The Hall–Kier alpha value is -11.2. The molecule has 0 saturated heterocycles. The molecule has 15 aromatic rings. The van der Waals surface area contributed by atoms with Crippen LogP contribution in [0.4, 0.5) is 34.1 Å². The van der Waals surface area contributed by atoms with E-state index in [0.717, 1.165) is 146 Å². The number of anilines is 6. The molecule has 111 heavy (non-hydrogen) atoms. The molecule has 8 heterocycles. The van der Waals surface area contributed by atoms with E-state index >= 15 is 0 Å². The lowest BCUT2D eigenvalue weighted by Crippen LogP contribution is -2.61. The summed E-state index contributed by atoms with van der Waals surface area (Å²) in [6, 6.07) is 92.4. The van der Waals surface area contributed by atoms with Crippen molar-refractivity contribution in [3.8, 4) is 56.1 Å². The molecule has 554 valence electrons. The minimum Gasteiger partial charge on any atom is -0.310 e. The fourth-order valence-corrected chi connectivity index (χ4v) is 16.9. The average molecular weight is 1450 g/mol. The zero-order valence-electron chi connectivity index (χ0n) is 68.7. The van der Waals surface area contributed by atoms with E-state index in [1.54, 1.807) is 0 Å². The van der Waals surface area contributed by atoms with Gasteiger partial charge in [0.15, 0.2) is 0 Å². The van der Waals surface area contributed by atoms with Crippen molar-refractivity contribution in [3.05, 3.63) is 282 Å². The van der Waals surface area contributed by atoms with Crippen LogP contribution in [-0.2, 0) is 37.9 Å². The molecule has 0 saturated carbocycles. The van der Waals surface area contributed by atoms with Gasteiger partial charge in [-0.05, 0) is 148 Å². The number of para-hydroxylation sites is 6. The number of nitrogens with zero attached hydrogens (tertiary/aromatic N) is 8. The van der Waals surface area contributed by atoms with Crippen molar-refractivity contribution >= 4 is 101 Å². The van der Waals surface area contributed by atoms with Crippen LogP contribution in [0.1, 0.15) is 185 Å². The summed E-state index contributed by atoms with van der Waals surface area (Å²) >= 11 is 0. The predicted octanol–water partition coefficient (Wildman–Crippen LogP) is 25.3. The summed E-state index contributed by atoms with van der Waals surface area (Å²) in [5, 5.41) is 4.85. The van der Waals surface area contributed by atoms with Crippen LogP contribution in [0.2, 0.25) is 0 Å². The number of aromatic nitrogens is 6. The van der Waals surface area contributed by atoms with Crippen LogP contribution in [-0.4, -0.2) is 35.8 Å². The fourth-order valence-electron chi connectivity index (χ4n) is 16.9. The molecule has 8 nitrogen and oxygen atoms in total. The Morgan fingerprint density at radius 2 is 0.559 bits per heavy atom. The highest BCUT2D eigenvalue weighted by molar-refractivity contribution is 7.00. The molecule has 9 heteroatoms. The highest BCUT2D eigenvalue weighted by atomic mass is 15.2. The molecule has 0 fully saturated rings.